The molecule has 3 nitrogen and oxygen atoms in total. The number of nitrogens with one attached hydrogen (secondary N) is 1. The molecule has 20 heavy (non-hydrogen) atoms. The molecule has 1 aromatic carbocycles. The fraction of sp³-hybridized carbons (Fsp3) is 0.588. The summed E-state index contributed by atoms with van der Waals surface area (Å²) in [6, 6.07) is 7.50. The quantitative estimate of drug-likeness (QED) is 0.779. The molecule has 1 N–H and O–H groups in total. The van der Waals surface area contributed by atoms with Crippen LogP contribution in [0.15, 0.2) is 24.3 Å². The van der Waals surface area contributed by atoms with Crippen LogP contribution in [0.3, 0.4) is 0 Å². The van der Waals surface area contributed by atoms with Gasteiger partial charge in [-0.2, -0.15) is 0 Å². The maximum atomic E-state index is 12.1. The molecule has 0 aliphatic heterocycles. The van der Waals surface area contributed by atoms with Crippen molar-refractivity contribution in [2.24, 2.45) is 5.92 Å². The summed E-state index contributed by atoms with van der Waals surface area (Å²) < 4.78 is 5.37. The SMILES string of the molecule is CCOc1ccc(C(=O)NC(C)CCCC(C)C)cc1. The number of hydrogen-bond acceptors (Lipinski definition) is 2. The molecule has 0 saturated heterocycles. The Morgan fingerprint density at radius 1 is 1.15 bits per heavy atom. The molecule has 112 valence electrons. The Labute approximate surface area is 122 Å². The van der Waals surface area contributed by atoms with Crippen LogP contribution in [0.25, 0.3) is 0 Å². The van der Waals surface area contributed by atoms with E-state index in [0.29, 0.717) is 12.2 Å². The van der Waals surface area contributed by atoms with Gasteiger partial charge in [0.15, 0.2) is 0 Å². The van der Waals surface area contributed by atoms with Gasteiger partial charge in [0.25, 0.3) is 5.91 Å². The van der Waals surface area contributed by atoms with E-state index in [1.54, 1.807) is 12.1 Å². The Hall–Kier alpha value is -1.51. The van der Waals surface area contributed by atoms with E-state index >= 15 is 0 Å². The third-order valence-electron chi connectivity index (χ3n) is 3.22. The van der Waals surface area contributed by atoms with Gasteiger partial charge in [0, 0.05) is 11.6 Å². The lowest BCUT2D eigenvalue weighted by atomic mass is 10.0. The van der Waals surface area contributed by atoms with Gasteiger partial charge in [-0.05, 0) is 50.5 Å². The van der Waals surface area contributed by atoms with Crippen molar-refractivity contribution in [1.82, 2.24) is 5.32 Å². The van der Waals surface area contributed by atoms with E-state index < -0.39 is 0 Å². The minimum Gasteiger partial charge on any atom is -0.494 e. The lowest BCUT2D eigenvalue weighted by molar-refractivity contribution is 0.0937. The highest BCUT2D eigenvalue weighted by Crippen LogP contribution is 2.13. The van der Waals surface area contributed by atoms with Crippen LogP contribution in [-0.4, -0.2) is 18.6 Å². The number of ether oxygens (including phenoxy) is 1. The minimum absolute atomic E-state index is 0.00917. The van der Waals surface area contributed by atoms with Crippen molar-refractivity contribution in [3.8, 4) is 5.75 Å². The largest absolute Gasteiger partial charge is 0.494 e. The lowest BCUT2D eigenvalue weighted by Gasteiger charge is -2.14. The monoisotopic (exact) mass is 277 g/mol. The molecule has 0 radical (unpaired) electrons. The molecule has 1 amide bonds. The van der Waals surface area contributed by atoms with E-state index in [9.17, 15) is 4.79 Å². The number of carbonyl (C=O) groups excluding carboxylic acids is 1. The lowest BCUT2D eigenvalue weighted by Crippen LogP contribution is -2.32. The zero-order valence-electron chi connectivity index (χ0n) is 13.1. The average Bonchev–Trinajstić information content (AvgIpc) is 2.39. The minimum atomic E-state index is -0.00917. The molecule has 1 aromatic rings. The van der Waals surface area contributed by atoms with Gasteiger partial charge >= 0.3 is 0 Å². The molecule has 1 rings (SSSR count). The Bertz CT molecular complexity index is 398. The van der Waals surface area contributed by atoms with Crippen LogP contribution in [-0.2, 0) is 0 Å². The van der Waals surface area contributed by atoms with Gasteiger partial charge in [0.1, 0.15) is 5.75 Å². The smallest absolute Gasteiger partial charge is 0.251 e. The first kappa shape index (κ1) is 16.5. The molecule has 0 aromatic heterocycles. The Balaban J connectivity index is 2.41. The summed E-state index contributed by atoms with van der Waals surface area (Å²) in [5.74, 6) is 1.52. The third kappa shape index (κ3) is 6.09. The van der Waals surface area contributed by atoms with E-state index in [1.807, 2.05) is 19.1 Å². The zero-order chi connectivity index (χ0) is 15.0. The fourth-order valence-electron chi connectivity index (χ4n) is 2.08. The van der Waals surface area contributed by atoms with E-state index in [1.165, 1.54) is 6.42 Å². The Morgan fingerprint density at radius 3 is 2.35 bits per heavy atom. The van der Waals surface area contributed by atoms with Gasteiger partial charge < -0.3 is 10.1 Å². The summed E-state index contributed by atoms with van der Waals surface area (Å²) in [6.45, 7) is 9.09. The van der Waals surface area contributed by atoms with E-state index in [2.05, 4.69) is 26.1 Å². The van der Waals surface area contributed by atoms with Crippen molar-refractivity contribution < 1.29 is 9.53 Å². The topological polar surface area (TPSA) is 38.3 Å². The average molecular weight is 277 g/mol. The molecule has 0 bridgehead atoms. The molecule has 0 aliphatic rings. The summed E-state index contributed by atoms with van der Waals surface area (Å²) in [6.07, 6.45) is 3.40. The van der Waals surface area contributed by atoms with E-state index in [4.69, 9.17) is 4.74 Å². The van der Waals surface area contributed by atoms with Crippen molar-refractivity contribution in [1.29, 1.82) is 0 Å². The highest BCUT2D eigenvalue weighted by Gasteiger charge is 2.10. The summed E-state index contributed by atoms with van der Waals surface area (Å²) in [4.78, 5) is 12.1. The highest BCUT2D eigenvalue weighted by atomic mass is 16.5. The van der Waals surface area contributed by atoms with Gasteiger partial charge in [-0.15, -0.1) is 0 Å². The summed E-state index contributed by atoms with van der Waals surface area (Å²) in [5.41, 5.74) is 0.684. The molecule has 0 saturated carbocycles. The van der Waals surface area contributed by atoms with Gasteiger partial charge in [-0.1, -0.05) is 26.7 Å². The predicted octanol–water partition coefficient (Wildman–Crippen LogP) is 4.03. The summed E-state index contributed by atoms with van der Waals surface area (Å²) >= 11 is 0. The van der Waals surface area contributed by atoms with Crippen molar-refractivity contribution in [2.75, 3.05) is 6.61 Å². The van der Waals surface area contributed by atoms with Gasteiger partial charge in [-0.3, -0.25) is 4.79 Å². The van der Waals surface area contributed by atoms with Crippen LogP contribution in [0, 0.1) is 5.92 Å². The first-order chi connectivity index (χ1) is 9.52. The normalized spacial score (nSPS) is 12.2. The van der Waals surface area contributed by atoms with E-state index in [-0.39, 0.29) is 11.9 Å². The van der Waals surface area contributed by atoms with Crippen LogP contribution in [0.1, 0.15) is 57.3 Å². The number of hydrogen-bond donors (Lipinski definition) is 1. The van der Waals surface area contributed by atoms with Crippen LogP contribution < -0.4 is 10.1 Å². The van der Waals surface area contributed by atoms with Gasteiger partial charge in [0.05, 0.1) is 6.61 Å². The highest BCUT2D eigenvalue weighted by molar-refractivity contribution is 5.94. The first-order valence-corrected chi connectivity index (χ1v) is 7.56. The Kier molecular flexibility index (Phi) is 7.13. The second-order valence-corrected chi connectivity index (χ2v) is 5.66. The summed E-state index contributed by atoms with van der Waals surface area (Å²) in [5, 5.41) is 3.04. The fourth-order valence-corrected chi connectivity index (χ4v) is 2.08. The number of amides is 1. The van der Waals surface area contributed by atoms with Crippen molar-refractivity contribution >= 4 is 5.91 Å². The summed E-state index contributed by atoms with van der Waals surface area (Å²) in [7, 11) is 0. The molecule has 0 heterocycles. The van der Waals surface area contributed by atoms with Crippen molar-refractivity contribution in [3.05, 3.63) is 29.8 Å². The van der Waals surface area contributed by atoms with Crippen LogP contribution in [0.2, 0.25) is 0 Å². The van der Waals surface area contributed by atoms with Gasteiger partial charge in [0.2, 0.25) is 0 Å². The number of carbonyl (C=O) groups is 1. The molecular weight excluding hydrogens is 250 g/mol. The van der Waals surface area contributed by atoms with Crippen LogP contribution >= 0.6 is 0 Å². The molecule has 0 fully saturated rings. The molecule has 3 heteroatoms. The standard InChI is InChI=1S/C17H27NO2/c1-5-20-16-11-9-15(10-12-16)17(19)18-14(4)8-6-7-13(2)3/h9-14H,5-8H2,1-4H3,(H,18,19). The first-order valence-electron chi connectivity index (χ1n) is 7.56. The Morgan fingerprint density at radius 2 is 1.80 bits per heavy atom. The molecule has 0 spiro atoms. The molecular formula is C17H27NO2. The predicted molar refractivity (Wildman–Crippen MR) is 83.2 cm³/mol. The van der Waals surface area contributed by atoms with E-state index in [0.717, 1.165) is 24.5 Å². The molecule has 0 aliphatic carbocycles. The second-order valence-electron chi connectivity index (χ2n) is 5.66. The number of rotatable bonds is 8. The van der Waals surface area contributed by atoms with Crippen LogP contribution in [0.4, 0.5) is 0 Å². The van der Waals surface area contributed by atoms with Crippen molar-refractivity contribution in [2.45, 2.75) is 53.0 Å². The maximum Gasteiger partial charge on any atom is 0.251 e. The second kappa shape index (κ2) is 8.62. The zero-order valence-corrected chi connectivity index (χ0v) is 13.1. The van der Waals surface area contributed by atoms with Gasteiger partial charge in [-0.25, -0.2) is 0 Å². The maximum absolute atomic E-state index is 12.1. The van der Waals surface area contributed by atoms with Crippen LogP contribution in [0.5, 0.6) is 5.75 Å². The molecule has 1 unspecified atom stereocenters. The molecule has 1 atom stereocenters. The van der Waals surface area contributed by atoms with Crippen molar-refractivity contribution in [3.63, 3.8) is 0 Å². The third-order valence-corrected chi connectivity index (χ3v) is 3.22. The number of benzene rings is 1.